The summed E-state index contributed by atoms with van der Waals surface area (Å²) in [5.74, 6) is -19.7. The first kappa shape index (κ1) is 19.0. The number of hydrogen-bond donors (Lipinski definition) is 0. The standard InChI is InChI=1S/C11H10F6O4.H2/c1-3-7(18)20-5-9(12,13)11(16,17)10(14,15)6-21-8(19)4-2;/h3-4H,1-2,5-6H2;1H/i;1+1. The van der Waals surface area contributed by atoms with Crippen molar-refractivity contribution in [2.45, 2.75) is 17.8 Å². The zero-order chi connectivity index (χ0) is 16.9. The van der Waals surface area contributed by atoms with Crippen LogP contribution in [0.1, 0.15) is 1.43 Å². The maximum atomic E-state index is 13.2. The van der Waals surface area contributed by atoms with Crippen LogP contribution in [-0.4, -0.2) is 42.9 Å². The van der Waals surface area contributed by atoms with E-state index in [1.807, 2.05) is 0 Å². The van der Waals surface area contributed by atoms with Crippen molar-refractivity contribution in [3.8, 4) is 0 Å². The van der Waals surface area contributed by atoms with E-state index in [9.17, 15) is 35.9 Å². The van der Waals surface area contributed by atoms with Crippen LogP contribution in [0.5, 0.6) is 0 Å². The molecule has 0 aromatic rings. The molecule has 10 heteroatoms. The van der Waals surface area contributed by atoms with E-state index in [-0.39, 0.29) is 1.43 Å². The molecule has 0 bridgehead atoms. The van der Waals surface area contributed by atoms with E-state index < -0.39 is 42.9 Å². The summed E-state index contributed by atoms with van der Waals surface area (Å²) in [5, 5.41) is 0. The van der Waals surface area contributed by atoms with Gasteiger partial charge in [0.15, 0.2) is 13.2 Å². The highest BCUT2D eigenvalue weighted by atomic mass is 19.3. The van der Waals surface area contributed by atoms with Gasteiger partial charge in [-0.15, -0.1) is 0 Å². The third kappa shape index (κ3) is 4.50. The van der Waals surface area contributed by atoms with Crippen LogP contribution in [0.25, 0.3) is 0 Å². The fourth-order valence-corrected chi connectivity index (χ4v) is 0.890. The molecule has 0 spiro atoms. The molecule has 0 heterocycles. The Bertz CT molecular complexity index is 400. The average Bonchev–Trinajstić information content (AvgIpc) is 2.41. The van der Waals surface area contributed by atoms with Crippen LogP contribution in [0.15, 0.2) is 25.3 Å². The van der Waals surface area contributed by atoms with Crippen molar-refractivity contribution in [1.82, 2.24) is 0 Å². The van der Waals surface area contributed by atoms with Gasteiger partial charge in [0.05, 0.1) is 0 Å². The first-order valence-corrected chi connectivity index (χ1v) is 5.13. The number of hydrogen-bond acceptors (Lipinski definition) is 4. The van der Waals surface area contributed by atoms with Gasteiger partial charge >= 0.3 is 29.7 Å². The summed E-state index contributed by atoms with van der Waals surface area (Å²) in [6.45, 7) is 1.03. The summed E-state index contributed by atoms with van der Waals surface area (Å²) in [6, 6.07) is 0. The molecular weight excluding hydrogens is 310 g/mol. The smallest absolute Gasteiger partial charge is 0.378 e. The van der Waals surface area contributed by atoms with Gasteiger partial charge in [-0.1, -0.05) is 13.2 Å². The van der Waals surface area contributed by atoms with Crippen LogP contribution in [-0.2, 0) is 19.1 Å². The Labute approximate surface area is 116 Å². The minimum absolute atomic E-state index is 0. The van der Waals surface area contributed by atoms with E-state index in [1.54, 1.807) is 0 Å². The predicted octanol–water partition coefficient (Wildman–Crippen LogP) is 2.60. The van der Waals surface area contributed by atoms with Crippen LogP contribution in [0.4, 0.5) is 26.3 Å². The molecule has 0 aromatic heterocycles. The summed E-state index contributed by atoms with van der Waals surface area (Å²) in [7, 11) is 0. The SMILES string of the molecule is C=CC(=O)OCC(F)(F)C(F)(F)C(F)(F)COC(=O)C=C.[2HH]. The first-order valence-electron chi connectivity index (χ1n) is 5.13. The van der Waals surface area contributed by atoms with Gasteiger partial charge in [0.1, 0.15) is 0 Å². The third-order valence-electron chi connectivity index (χ3n) is 2.04. The maximum absolute atomic E-state index is 13.2. The summed E-state index contributed by atoms with van der Waals surface area (Å²) in [4.78, 5) is 21.0. The zero-order valence-electron chi connectivity index (χ0n) is 10.4. The Morgan fingerprint density at radius 1 is 0.857 bits per heavy atom. The lowest BCUT2D eigenvalue weighted by Gasteiger charge is -2.31. The largest absolute Gasteiger partial charge is 0.456 e. The molecule has 0 aliphatic heterocycles. The van der Waals surface area contributed by atoms with Gasteiger partial charge in [-0.2, -0.15) is 26.3 Å². The molecule has 0 rings (SSSR count). The molecule has 0 aromatic carbocycles. The summed E-state index contributed by atoms with van der Waals surface area (Å²) in [6.07, 6.45) is 0.774. The van der Waals surface area contributed by atoms with E-state index in [2.05, 4.69) is 22.6 Å². The number of rotatable bonds is 8. The van der Waals surface area contributed by atoms with Gasteiger partial charge in [0.2, 0.25) is 0 Å². The minimum Gasteiger partial charge on any atom is -0.456 e. The van der Waals surface area contributed by atoms with Crippen LogP contribution in [0.3, 0.4) is 0 Å². The van der Waals surface area contributed by atoms with Crippen molar-refractivity contribution in [3.05, 3.63) is 25.3 Å². The molecule has 0 saturated carbocycles. The fourth-order valence-electron chi connectivity index (χ4n) is 0.890. The molecular formula is C11H12F6O4. The van der Waals surface area contributed by atoms with Gasteiger partial charge in [0.25, 0.3) is 0 Å². The van der Waals surface area contributed by atoms with E-state index in [0.29, 0.717) is 12.2 Å². The van der Waals surface area contributed by atoms with Gasteiger partial charge < -0.3 is 9.47 Å². The molecule has 0 radical (unpaired) electrons. The number of halogens is 6. The Hall–Kier alpha value is -2.00. The number of carbonyl (C=O) groups excluding carboxylic acids is 2. The quantitative estimate of drug-likeness (QED) is 0.391. The summed E-state index contributed by atoms with van der Waals surface area (Å²) < 4.78 is 86.0. The summed E-state index contributed by atoms with van der Waals surface area (Å²) in [5.41, 5.74) is 0. The van der Waals surface area contributed by atoms with Gasteiger partial charge in [0, 0.05) is 13.6 Å². The number of ether oxygens (including phenoxy) is 2. The van der Waals surface area contributed by atoms with Crippen molar-refractivity contribution in [2.75, 3.05) is 13.2 Å². The van der Waals surface area contributed by atoms with E-state index in [0.717, 1.165) is 0 Å². The number of alkyl halides is 6. The van der Waals surface area contributed by atoms with E-state index in [1.165, 1.54) is 0 Å². The molecule has 0 aliphatic rings. The Kier molecular flexibility index (Phi) is 6.00. The molecule has 21 heavy (non-hydrogen) atoms. The molecule has 0 unspecified atom stereocenters. The lowest BCUT2D eigenvalue weighted by Crippen LogP contribution is -2.58. The molecule has 0 N–H and O–H groups in total. The maximum Gasteiger partial charge on any atom is 0.378 e. The second-order valence-corrected chi connectivity index (χ2v) is 3.61. The highest BCUT2D eigenvalue weighted by Crippen LogP contribution is 2.46. The monoisotopic (exact) mass is 323 g/mol. The average molecular weight is 323 g/mol. The molecule has 0 atom stereocenters. The van der Waals surface area contributed by atoms with E-state index >= 15 is 0 Å². The van der Waals surface area contributed by atoms with Gasteiger partial charge in [-0.05, 0) is 0 Å². The number of esters is 2. The highest BCUT2D eigenvalue weighted by Gasteiger charge is 2.72. The molecule has 122 valence electrons. The van der Waals surface area contributed by atoms with E-state index in [4.69, 9.17) is 0 Å². The molecule has 0 aliphatic carbocycles. The van der Waals surface area contributed by atoms with Crippen LogP contribution in [0, 0.1) is 0 Å². The second-order valence-electron chi connectivity index (χ2n) is 3.61. The Morgan fingerprint density at radius 2 is 1.14 bits per heavy atom. The lowest BCUT2D eigenvalue weighted by molar-refractivity contribution is -0.324. The third-order valence-corrected chi connectivity index (χ3v) is 2.04. The zero-order valence-corrected chi connectivity index (χ0v) is 10.4. The normalized spacial score (nSPS) is 12.5. The van der Waals surface area contributed by atoms with Crippen LogP contribution < -0.4 is 0 Å². The van der Waals surface area contributed by atoms with Crippen molar-refractivity contribution in [1.29, 1.82) is 0 Å². The van der Waals surface area contributed by atoms with Crippen molar-refractivity contribution in [3.63, 3.8) is 0 Å². The minimum atomic E-state index is -5.93. The Balaban J connectivity index is 0. The highest BCUT2D eigenvalue weighted by molar-refractivity contribution is 5.81. The van der Waals surface area contributed by atoms with Crippen LogP contribution >= 0.6 is 0 Å². The fraction of sp³-hybridized carbons (Fsp3) is 0.455. The molecule has 0 amide bonds. The second kappa shape index (κ2) is 6.64. The van der Waals surface area contributed by atoms with Crippen LogP contribution in [0.2, 0.25) is 0 Å². The van der Waals surface area contributed by atoms with Crippen molar-refractivity contribution < 1.29 is 46.8 Å². The molecule has 0 fully saturated rings. The molecule has 0 saturated heterocycles. The molecule has 4 nitrogen and oxygen atoms in total. The summed E-state index contributed by atoms with van der Waals surface area (Å²) >= 11 is 0. The Morgan fingerprint density at radius 3 is 1.38 bits per heavy atom. The predicted molar refractivity (Wildman–Crippen MR) is 59.3 cm³/mol. The van der Waals surface area contributed by atoms with Gasteiger partial charge in [-0.25, -0.2) is 9.59 Å². The topological polar surface area (TPSA) is 52.6 Å². The first-order chi connectivity index (χ1) is 9.41. The number of carbonyl (C=O) groups is 2. The lowest BCUT2D eigenvalue weighted by atomic mass is 10.1. The van der Waals surface area contributed by atoms with Gasteiger partial charge in [-0.3, -0.25) is 0 Å². The van der Waals surface area contributed by atoms with Crippen molar-refractivity contribution in [2.24, 2.45) is 0 Å². The van der Waals surface area contributed by atoms with Crippen molar-refractivity contribution >= 4 is 11.9 Å².